The molecule has 1 heterocycles. The Kier molecular flexibility index (Phi) is 6.11. The van der Waals surface area contributed by atoms with Gasteiger partial charge in [0.2, 0.25) is 5.91 Å². The molecule has 7 heteroatoms. The highest BCUT2D eigenvalue weighted by Crippen LogP contribution is 2.29. The first-order chi connectivity index (χ1) is 13.0. The molecule has 2 N–H and O–H groups in total. The van der Waals surface area contributed by atoms with Crippen LogP contribution in [0.5, 0.6) is 11.5 Å². The van der Waals surface area contributed by atoms with Crippen molar-refractivity contribution in [3.05, 3.63) is 75.9 Å². The Morgan fingerprint density at radius 3 is 2.44 bits per heavy atom. The van der Waals surface area contributed by atoms with Crippen molar-refractivity contribution in [3.8, 4) is 11.5 Å². The molecule has 1 atom stereocenters. The van der Waals surface area contributed by atoms with Crippen molar-refractivity contribution < 1.29 is 14.3 Å². The van der Waals surface area contributed by atoms with Gasteiger partial charge in [-0.2, -0.15) is 0 Å². The van der Waals surface area contributed by atoms with Crippen LogP contribution in [0.25, 0.3) is 0 Å². The molecule has 27 heavy (non-hydrogen) atoms. The quantitative estimate of drug-likeness (QED) is 0.615. The molecule has 5 nitrogen and oxygen atoms in total. The summed E-state index contributed by atoms with van der Waals surface area (Å²) in [5.74, 6) is 0.580. The van der Waals surface area contributed by atoms with Crippen LogP contribution < -0.4 is 15.4 Å². The van der Waals surface area contributed by atoms with Crippen molar-refractivity contribution in [3.63, 3.8) is 0 Å². The number of halogens is 1. The first-order valence-corrected chi connectivity index (χ1v) is 9.46. The summed E-state index contributed by atoms with van der Waals surface area (Å²) < 4.78 is 5.71. The van der Waals surface area contributed by atoms with Gasteiger partial charge in [-0.05, 0) is 54.8 Å². The zero-order valence-corrected chi connectivity index (χ0v) is 16.0. The van der Waals surface area contributed by atoms with Gasteiger partial charge in [-0.15, -0.1) is 11.3 Å². The third-order valence-electron chi connectivity index (χ3n) is 3.67. The molecule has 0 spiro atoms. The maximum absolute atomic E-state index is 12.3. The van der Waals surface area contributed by atoms with Gasteiger partial charge >= 0.3 is 0 Å². The average Bonchev–Trinajstić information content (AvgIpc) is 3.20. The predicted octanol–water partition coefficient (Wildman–Crippen LogP) is 4.95. The SMILES string of the molecule is CC(NC(=O)c1cccs1)C(=O)Nc1ccc(Oc2ccccc2Cl)cc1. The second-order valence-corrected chi connectivity index (χ2v) is 7.07. The Morgan fingerprint density at radius 2 is 1.78 bits per heavy atom. The summed E-state index contributed by atoms with van der Waals surface area (Å²) in [6, 6.07) is 16.9. The fourth-order valence-corrected chi connectivity index (χ4v) is 3.05. The first kappa shape index (κ1) is 18.9. The number of para-hydroxylation sites is 1. The van der Waals surface area contributed by atoms with E-state index < -0.39 is 6.04 Å². The van der Waals surface area contributed by atoms with Crippen LogP contribution in [0.4, 0.5) is 5.69 Å². The largest absolute Gasteiger partial charge is 0.456 e. The summed E-state index contributed by atoms with van der Waals surface area (Å²) in [6.07, 6.45) is 0. The van der Waals surface area contributed by atoms with Crippen LogP contribution in [0.3, 0.4) is 0 Å². The van der Waals surface area contributed by atoms with E-state index in [1.54, 1.807) is 55.5 Å². The molecule has 0 saturated heterocycles. The van der Waals surface area contributed by atoms with Gasteiger partial charge in [0.15, 0.2) is 0 Å². The van der Waals surface area contributed by atoms with E-state index in [2.05, 4.69) is 10.6 Å². The molecule has 0 aliphatic carbocycles. The number of hydrogen-bond donors (Lipinski definition) is 2. The lowest BCUT2D eigenvalue weighted by atomic mass is 10.2. The summed E-state index contributed by atoms with van der Waals surface area (Å²) in [6.45, 7) is 1.63. The minimum atomic E-state index is -0.668. The van der Waals surface area contributed by atoms with Crippen LogP contribution in [0.15, 0.2) is 66.0 Å². The first-order valence-electron chi connectivity index (χ1n) is 8.20. The van der Waals surface area contributed by atoms with Gasteiger partial charge in [-0.1, -0.05) is 29.8 Å². The third kappa shape index (κ3) is 5.09. The van der Waals surface area contributed by atoms with Gasteiger partial charge in [-0.3, -0.25) is 9.59 Å². The van der Waals surface area contributed by atoms with Gasteiger partial charge in [-0.25, -0.2) is 0 Å². The van der Waals surface area contributed by atoms with Crippen LogP contribution in [-0.2, 0) is 4.79 Å². The number of ether oxygens (including phenoxy) is 1. The zero-order valence-electron chi connectivity index (χ0n) is 14.4. The fourth-order valence-electron chi connectivity index (χ4n) is 2.25. The Hall–Kier alpha value is -2.83. The molecule has 0 saturated carbocycles. The Labute approximate surface area is 165 Å². The molecule has 2 aromatic carbocycles. The average molecular weight is 401 g/mol. The van der Waals surface area contributed by atoms with Gasteiger partial charge in [0, 0.05) is 5.69 Å². The number of amides is 2. The molecule has 0 radical (unpaired) electrons. The number of thiophene rings is 1. The van der Waals surface area contributed by atoms with Crippen molar-refractivity contribution in [2.75, 3.05) is 5.32 Å². The molecule has 2 amide bonds. The number of carbonyl (C=O) groups is 2. The van der Waals surface area contributed by atoms with E-state index in [9.17, 15) is 9.59 Å². The molecule has 0 bridgehead atoms. The predicted molar refractivity (Wildman–Crippen MR) is 108 cm³/mol. The fraction of sp³-hybridized carbons (Fsp3) is 0.100. The van der Waals surface area contributed by atoms with Crippen molar-refractivity contribution in [2.24, 2.45) is 0 Å². The van der Waals surface area contributed by atoms with Gasteiger partial charge in [0.25, 0.3) is 5.91 Å². The third-order valence-corrected chi connectivity index (χ3v) is 4.85. The number of anilines is 1. The number of rotatable bonds is 6. The maximum atomic E-state index is 12.3. The molecular weight excluding hydrogens is 384 g/mol. The van der Waals surface area contributed by atoms with Gasteiger partial charge in [0.05, 0.1) is 9.90 Å². The molecule has 0 fully saturated rings. The Bertz CT molecular complexity index is 927. The van der Waals surface area contributed by atoms with Crippen LogP contribution in [0.1, 0.15) is 16.6 Å². The van der Waals surface area contributed by atoms with Crippen LogP contribution in [-0.4, -0.2) is 17.9 Å². The standard InChI is InChI=1S/C20H17ClN2O3S/c1-13(22-20(25)18-7-4-12-27-18)19(24)23-14-8-10-15(11-9-14)26-17-6-3-2-5-16(17)21/h2-13H,1H3,(H,22,25)(H,23,24). The van der Waals surface area contributed by atoms with Crippen molar-refractivity contribution in [1.82, 2.24) is 5.32 Å². The highest BCUT2D eigenvalue weighted by atomic mass is 35.5. The Balaban J connectivity index is 1.56. The lowest BCUT2D eigenvalue weighted by Gasteiger charge is -2.14. The smallest absolute Gasteiger partial charge is 0.261 e. The second kappa shape index (κ2) is 8.70. The highest BCUT2D eigenvalue weighted by Gasteiger charge is 2.17. The highest BCUT2D eigenvalue weighted by molar-refractivity contribution is 7.12. The molecule has 0 aliphatic heterocycles. The molecule has 3 rings (SSSR count). The number of nitrogens with one attached hydrogen (secondary N) is 2. The number of carbonyl (C=O) groups excluding carboxylic acids is 2. The maximum Gasteiger partial charge on any atom is 0.261 e. The van der Waals surface area contributed by atoms with Gasteiger partial charge < -0.3 is 15.4 Å². The minimum Gasteiger partial charge on any atom is -0.456 e. The van der Waals surface area contributed by atoms with Crippen molar-refractivity contribution >= 4 is 40.4 Å². The summed E-state index contributed by atoms with van der Waals surface area (Å²) in [5, 5.41) is 7.77. The molecule has 138 valence electrons. The molecule has 1 unspecified atom stereocenters. The summed E-state index contributed by atoms with van der Waals surface area (Å²) in [4.78, 5) is 24.8. The summed E-state index contributed by atoms with van der Waals surface area (Å²) in [7, 11) is 0. The van der Waals surface area contributed by atoms with E-state index >= 15 is 0 Å². The van der Waals surface area contributed by atoms with E-state index in [0.29, 0.717) is 27.1 Å². The topological polar surface area (TPSA) is 67.4 Å². The summed E-state index contributed by atoms with van der Waals surface area (Å²) >= 11 is 7.40. The Morgan fingerprint density at radius 1 is 1.04 bits per heavy atom. The molecule has 0 aliphatic rings. The molecule has 1 aromatic heterocycles. The van der Waals surface area contributed by atoms with Crippen LogP contribution in [0, 0.1) is 0 Å². The van der Waals surface area contributed by atoms with Crippen molar-refractivity contribution in [1.29, 1.82) is 0 Å². The van der Waals surface area contributed by atoms with Crippen molar-refractivity contribution in [2.45, 2.75) is 13.0 Å². The lowest BCUT2D eigenvalue weighted by molar-refractivity contribution is -0.117. The normalized spacial score (nSPS) is 11.5. The van der Waals surface area contributed by atoms with E-state index in [4.69, 9.17) is 16.3 Å². The number of hydrogen-bond acceptors (Lipinski definition) is 4. The van der Waals surface area contributed by atoms with Crippen LogP contribution >= 0.6 is 22.9 Å². The van der Waals surface area contributed by atoms with E-state index in [0.717, 1.165) is 0 Å². The molecule has 3 aromatic rings. The van der Waals surface area contributed by atoms with Crippen LogP contribution in [0.2, 0.25) is 5.02 Å². The molecular formula is C20H17ClN2O3S. The zero-order chi connectivity index (χ0) is 19.2. The van der Waals surface area contributed by atoms with Gasteiger partial charge in [0.1, 0.15) is 17.5 Å². The van der Waals surface area contributed by atoms with E-state index in [1.807, 2.05) is 17.5 Å². The monoisotopic (exact) mass is 400 g/mol. The van der Waals surface area contributed by atoms with E-state index in [1.165, 1.54) is 11.3 Å². The lowest BCUT2D eigenvalue weighted by Crippen LogP contribution is -2.41. The summed E-state index contributed by atoms with van der Waals surface area (Å²) in [5.41, 5.74) is 0.601. The number of benzene rings is 2. The minimum absolute atomic E-state index is 0.267. The van der Waals surface area contributed by atoms with E-state index in [-0.39, 0.29) is 11.8 Å². The second-order valence-electron chi connectivity index (χ2n) is 5.72.